The Morgan fingerprint density at radius 3 is 2.68 bits per heavy atom. The van der Waals surface area contributed by atoms with Gasteiger partial charge in [0.05, 0.1) is 6.07 Å². The third-order valence-corrected chi connectivity index (χ3v) is 8.93. The first-order chi connectivity index (χ1) is 18.2. The molecule has 0 heterocycles. The summed E-state index contributed by atoms with van der Waals surface area (Å²) < 4.78 is 0. The molecule has 0 bridgehead atoms. The van der Waals surface area contributed by atoms with E-state index >= 15 is 0 Å². The van der Waals surface area contributed by atoms with Crippen LogP contribution in [0.25, 0.3) is 12.2 Å². The molecule has 4 aliphatic carbocycles. The molecule has 178 valence electrons. The Bertz CT molecular complexity index is 1610. The Balaban J connectivity index is 1.33. The van der Waals surface area contributed by atoms with Crippen LogP contribution in [0.2, 0.25) is 0 Å². The largest absolute Gasteiger partial charge is 0.193 e. The standard InChI is InChI=1S/C36H29N/c1-23-10-12-27-20-29(16-14-25(27)18-23)35-31-6-2-4-8-33(31)36(34-9-5-3-7-32(34)35)30-17-15-26-19-24(22-37)11-13-28(26)21-30/h2,4-6,8-10,12,14-19,21,29,32,34-36H,11,13,20H2,1H3. The zero-order chi connectivity index (χ0) is 24.9. The summed E-state index contributed by atoms with van der Waals surface area (Å²) in [6.07, 6.45) is 14.2. The Morgan fingerprint density at radius 2 is 1.78 bits per heavy atom. The molecule has 0 aliphatic heterocycles. The lowest BCUT2D eigenvalue weighted by atomic mass is 9.57. The first-order valence-electron chi connectivity index (χ1n) is 13.5. The van der Waals surface area contributed by atoms with Crippen molar-refractivity contribution in [2.24, 2.45) is 17.8 Å². The third kappa shape index (κ3) is 3.70. The van der Waals surface area contributed by atoms with Gasteiger partial charge in [-0.05, 0) is 83.2 Å². The SMILES string of the molecule is Cc1ccc2c(c1)C=CC(C1c3ccccc3C(c3ccc4c(c3)CCC(C#N)=C4)C3C=CC#CC31)C2. The number of aryl methyl sites for hydroxylation is 2. The van der Waals surface area contributed by atoms with Gasteiger partial charge in [-0.1, -0.05) is 96.3 Å². The maximum Gasteiger partial charge on any atom is 0.0947 e. The van der Waals surface area contributed by atoms with E-state index in [4.69, 9.17) is 0 Å². The fourth-order valence-corrected chi connectivity index (χ4v) is 7.21. The van der Waals surface area contributed by atoms with Crippen LogP contribution in [0, 0.1) is 47.8 Å². The molecule has 0 saturated heterocycles. The Hall–Kier alpha value is -4.07. The second kappa shape index (κ2) is 8.80. The van der Waals surface area contributed by atoms with Gasteiger partial charge in [0.2, 0.25) is 0 Å². The number of nitriles is 1. The molecule has 37 heavy (non-hydrogen) atoms. The van der Waals surface area contributed by atoms with Crippen molar-refractivity contribution in [2.75, 3.05) is 0 Å². The highest BCUT2D eigenvalue weighted by Gasteiger charge is 2.45. The van der Waals surface area contributed by atoms with Crippen LogP contribution in [0.1, 0.15) is 62.8 Å². The van der Waals surface area contributed by atoms with Crippen molar-refractivity contribution < 1.29 is 0 Å². The average molecular weight is 476 g/mol. The molecule has 0 spiro atoms. The monoisotopic (exact) mass is 475 g/mol. The van der Waals surface area contributed by atoms with Gasteiger partial charge in [-0.3, -0.25) is 0 Å². The molecule has 1 nitrogen and oxygen atoms in total. The molecule has 1 heteroatoms. The topological polar surface area (TPSA) is 23.8 Å². The van der Waals surface area contributed by atoms with E-state index in [1.165, 1.54) is 44.5 Å². The highest BCUT2D eigenvalue weighted by atomic mass is 14.5. The highest BCUT2D eigenvalue weighted by Crippen LogP contribution is 2.54. The van der Waals surface area contributed by atoms with Crippen molar-refractivity contribution in [2.45, 2.75) is 38.0 Å². The van der Waals surface area contributed by atoms with Crippen molar-refractivity contribution in [3.05, 3.63) is 129 Å². The van der Waals surface area contributed by atoms with Gasteiger partial charge in [-0.2, -0.15) is 5.26 Å². The minimum absolute atomic E-state index is 0.285. The van der Waals surface area contributed by atoms with Crippen molar-refractivity contribution in [1.29, 1.82) is 5.26 Å². The van der Waals surface area contributed by atoms with Crippen LogP contribution in [-0.2, 0) is 12.8 Å². The summed E-state index contributed by atoms with van der Waals surface area (Å²) in [4.78, 5) is 0. The van der Waals surface area contributed by atoms with Gasteiger partial charge in [-0.25, -0.2) is 0 Å². The summed E-state index contributed by atoms with van der Waals surface area (Å²) in [6.45, 7) is 2.17. The van der Waals surface area contributed by atoms with Crippen molar-refractivity contribution in [3.8, 4) is 17.9 Å². The van der Waals surface area contributed by atoms with Crippen LogP contribution in [0.3, 0.4) is 0 Å². The van der Waals surface area contributed by atoms with E-state index < -0.39 is 0 Å². The van der Waals surface area contributed by atoms with Crippen LogP contribution >= 0.6 is 0 Å². The summed E-state index contributed by atoms with van der Waals surface area (Å²) in [6, 6.07) is 25.3. The highest BCUT2D eigenvalue weighted by molar-refractivity contribution is 5.64. The van der Waals surface area contributed by atoms with E-state index in [9.17, 15) is 5.26 Å². The van der Waals surface area contributed by atoms with E-state index in [2.05, 4.69) is 116 Å². The number of fused-ring (bicyclic) bond motifs is 4. The second-order valence-electron chi connectivity index (χ2n) is 11.1. The molecule has 3 aromatic carbocycles. The number of benzene rings is 3. The molecule has 5 atom stereocenters. The van der Waals surface area contributed by atoms with Gasteiger partial charge in [0.25, 0.3) is 0 Å². The van der Waals surface area contributed by atoms with E-state index in [1.807, 2.05) is 0 Å². The molecule has 3 aromatic rings. The third-order valence-electron chi connectivity index (χ3n) is 8.93. The van der Waals surface area contributed by atoms with E-state index in [-0.39, 0.29) is 11.8 Å². The minimum atomic E-state index is 0.285. The number of hydrogen-bond donors (Lipinski definition) is 0. The summed E-state index contributed by atoms with van der Waals surface area (Å²) >= 11 is 0. The fraction of sp³-hybridized carbons (Fsp3) is 0.250. The fourth-order valence-electron chi connectivity index (χ4n) is 7.21. The Labute approximate surface area is 219 Å². The van der Waals surface area contributed by atoms with Gasteiger partial charge >= 0.3 is 0 Å². The normalized spacial score (nSPS) is 26.4. The van der Waals surface area contributed by atoms with Gasteiger partial charge in [0, 0.05) is 29.2 Å². The second-order valence-corrected chi connectivity index (χ2v) is 11.1. The van der Waals surface area contributed by atoms with Gasteiger partial charge in [0.1, 0.15) is 0 Å². The van der Waals surface area contributed by atoms with E-state index in [1.54, 1.807) is 0 Å². The molecular formula is C36H29N. The molecule has 0 aromatic heterocycles. The number of nitrogens with zero attached hydrogens (tertiary/aromatic N) is 1. The average Bonchev–Trinajstić information content (AvgIpc) is 2.95. The number of hydrogen-bond acceptors (Lipinski definition) is 1. The van der Waals surface area contributed by atoms with Crippen LogP contribution in [-0.4, -0.2) is 0 Å². The van der Waals surface area contributed by atoms with E-state index in [0.29, 0.717) is 17.8 Å². The molecule has 0 saturated carbocycles. The van der Waals surface area contributed by atoms with Crippen molar-refractivity contribution in [3.63, 3.8) is 0 Å². The zero-order valence-corrected chi connectivity index (χ0v) is 21.1. The smallest absolute Gasteiger partial charge is 0.0947 e. The quantitative estimate of drug-likeness (QED) is 0.347. The lowest BCUT2D eigenvalue weighted by molar-refractivity contribution is 0.295. The maximum atomic E-state index is 9.37. The van der Waals surface area contributed by atoms with Gasteiger partial charge in [-0.15, -0.1) is 0 Å². The summed E-state index contributed by atoms with van der Waals surface area (Å²) in [5.74, 6) is 8.78. The van der Waals surface area contributed by atoms with Crippen molar-refractivity contribution >= 4 is 12.2 Å². The minimum Gasteiger partial charge on any atom is -0.193 e. The first-order valence-corrected chi connectivity index (χ1v) is 13.5. The molecule has 0 radical (unpaired) electrons. The molecular weight excluding hydrogens is 446 g/mol. The van der Waals surface area contributed by atoms with Crippen LogP contribution in [0.5, 0.6) is 0 Å². The molecule has 0 amide bonds. The molecule has 0 fully saturated rings. The Kier molecular flexibility index (Phi) is 5.27. The number of allylic oxidation sites excluding steroid dienone is 4. The van der Waals surface area contributed by atoms with Crippen LogP contribution in [0.4, 0.5) is 0 Å². The first kappa shape index (κ1) is 22.2. The summed E-state index contributed by atoms with van der Waals surface area (Å²) in [7, 11) is 0. The lowest BCUT2D eigenvalue weighted by Crippen LogP contribution is -2.37. The van der Waals surface area contributed by atoms with Crippen molar-refractivity contribution in [1.82, 2.24) is 0 Å². The molecule has 5 unspecified atom stereocenters. The molecule has 7 rings (SSSR count). The maximum absolute atomic E-state index is 9.37. The molecule has 0 N–H and O–H groups in total. The predicted molar refractivity (Wildman–Crippen MR) is 151 cm³/mol. The summed E-state index contributed by atoms with van der Waals surface area (Å²) in [5.41, 5.74) is 11.9. The van der Waals surface area contributed by atoms with Crippen LogP contribution < -0.4 is 0 Å². The van der Waals surface area contributed by atoms with Crippen LogP contribution in [0.15, 0.2) is 84.5 Å². The number of rotatable bonds is 2. The Morgan fingerprint density at radius 1 is 0.892 bits per heavy atom. The zero-order valence-electron chi connectivity index (χ0n) is 21.1. The van der Waals surface area contributed by atoms with Gasteiger partial charge in [0.15, 0.2) is 0 Å². The summed E-state index contributed by atoms with van der Waals surface area (Å²) in [5, 5.41) is 9.37. The lowest BCUT2D eigenvalue weighted by Gasteiger charge is -2.45. The van der Waals surface area contributed by atoms with Gasteiger partial charge < -0.3 is 0 Å². The molecule has 4 aliphatic rings. The van der Waals surface area contributed by atoms with E-state index in [0.717, 1.165) is 24.8 Å². The predicted octanol–water partition coefficient (Wildman–Crippen LogP) is 7.77.